The van der Waals surface area contributed by atoms with Crippen LogP contribution in [0.1, 0.15) is 31.4 Å². The van der Waals surface area contributed by atoms with Crippen molar-refractivity contribution in [3.63, 3.8) is 0 Å². The third-order valence-corrected chi connectivity index (χ3v) is 9.51. The Morgan fingerprint density at radius 2 is 1.77 bits per heavy atom. The molecule has 0 bridgehead atoms. The minimum Gasteiger partial charge on any atom is -0.394 e. The Morgan fingerprint density at radius 3 is 2.47 bits per heavy atom. The highest BCUT2D eigenvalue weighted by molar-refractivity contribution is 6.34. The number of likely N-dealkylation sites (tertiary alicyclic amines) is 1. The molecular formula is C34H38ClN3O5. The summed E-state index contributed by atoms with van der Waals surface area (Å²) in [6.45, 7) is 6.63. The number of nitrogens with zero attached hydrogens (tertiary/aromatic N) is 3. The molecule has 43 heavy (non-hydrogen) atoms. The van der Waals surface area contributed by atoms with Crippen LogP contribution in [0.4, 0.5) is 5.69 Å². The summed E-state index contributed by atoms with van der Waals surface area (Å²) in [5.74, 6) is -2.44. The molecule has 4 heterocycles. The van der Waals surface area contributed by atoms with Crippen LogP contribution >= 0.6 is 11.6 Å². The van der Waals surface area contributed by atoms with E-state index < -0.39 is 35.6 Å². The predicted octanol–water partition coefficient (Wildman–Crippen LogP) is 4.14. The highest BCUT2D eigenvalue weighted by Gasteiger charge is 2.72. The van der Waals surface area contributed by atoms with Crippen LogP contribution in [0.2, 0.25) is 5.02 Å². The Balaban J connectivity index is 1.45. The standard InChI is InChI=1S/C34H38ClN3O5/c1-21(2)18-24(20-39)38-30-33(42)37(29-22(3)10-7-13-25(29)35)17-9-15-34(30)28(32(38)41)27-26(43-34)14-8-16-36(31(27)40)19-23-11-5-4-6-12-23/h4-15,21,24,26-28,30,39H,16-20H2,1-3H3/t24-,26-,27+,28+,30?,34+/m1/s1. The fourth-order valence-corrected chi connectivity index (χ4v) is 7.78. The number of halogens is 1. The van der Waals surface area contributed by atoms with E-state index in [1.807, 2.05) is 87.5 Å². The van der Waals surface area contributed by atoms with Crippen LogP contribution in [0.5, 0.6) is 0 Å². The number of hydrogen-bond donors (Lipinski definition) is 1. The van der Waals surface area contributed by atoms with E-state index in [2.05, 4.69) is 0 Å². The van der Waals surface area contributed by atoms with E-state index in [9.17, 15) is 19.5 Å². The molecule has 0 radical (unpaired) electrons. The van der Waals surface area contributed by atoms with Gasteiger partial charge in [-0.25, -0.2) is 0 Å². The first kappa shape index (κ1) is 29.6. The van der Waals surface area contributed by atoms with E-state index >= 15 is 0 Å². The van der Waals surface area contributed by atoms with Gasteiger partial charge in [0.05, 0.1) is 41.3 Å². The number of carbonyl (C=O) groups excluding carboxylic acids is 3. The maximum absolute atomic E-state index is 14.8. The zero-order valence-corrected chi connectivity index (χ0v) is 25.5. The molecule has 2 saturated heterocycles. The molecule has 4 aliphatic rings. The number of aryl methyl sites for hydroxylation is 1. The summed E-state index contributed by atoms with van der Waals surface area (Å²) in [5.41, 5.74) is 1.01. The summed E-state index contributed by atoms with van der Waals surface area (Å²) in [4.78, 5) is 48.6. The number of amides is 3. The highest BCUT2D eigenvalue weighted by atomic mass is 35.5. The second kappa shape index (κ2) is 11.6. The van der Waals surface area contributed by atoms with Gasteiger partial charge in [0.25, 0.3) is 5.91 Å². The smallest absolute Gasteiger partial charge is 0.253 e. The molecule has 1 N–H and O–H groups in total. The van der Waals surface area contributed by atoms with E-state index in [1.165, 1.54) is 4.90 Å². The van der Waals surface area contributed by atoms with Crippen LogP contribution < -0.4 is 4.90 Å². The molecule has 0 aromatic heterocycles. The second-order valence-electron chi connectivity index (χ2n) is 12.4. The SMILES string of the molecule is Cc1cccc(Cl)c1N1CC=C[C@]23O[C@@H]4C=CCN(Cc5ccccc5)C(=O)[C@@H]4[C@H]2C(=O)N([C@@H](CO)CC(C)C)C3C1=O. The highest BCUT2D eigenvalue weighted by Crippen LogP contribution is 2.54. The van der Waals surface area contributed by atoms with Gasteiger partial charge < -0.3 is 24.5 Å². The number of ether oxygens (including phenoxy) is 1. The van der Waals surface area contributed by atoms with Crippen LogP contribution in [0.15, 0.2) is 72.8 Å². The number of aliphatic hydroxyl groups excluding tert-OH is 1. The van der Waals surface area contributed by atoms with E-state index in [1.54, 1.807) is 15.9 Å². The molecule has 3 amide bonds. The zero-order chi connectivity index (χ0) is 30.5. The van der Waals surface area contributed by atoms with E-state index in [0.717, 1.165) is 11.1 Å². The van der Waals surface area contributed by atoms with Gasteiger partial charge in [-0.15, -0.1) is 0 Å². The van der Waals surface area contributed by atoms with Crippen molar-refractivity contribution in [3.05, 3.63) is 89.0 Å². The fourth-order valence-electron chi connectivity index (χ4n) is 7.45. The average Bonchev–Trinajstić information content (AvgIpc) is 3.31. The molecule has 2 aromatic rings. The van der Waals surface area contributed by atoms with E-state index in [-0.39, 0.29) is 36.8 Å². The molecule has 8 nitrogen and oxygen atoms in total. The van der Waals surface area contributed by atoms with Gasteiger partial charge in [-0.05, 0) is 36.5 Å². The second-order valence-corrected chi connectivity index (χ2v) is 12.8. The molecule has 1 unspecified atom stereocenters. The minimum absolute atomic E-state index is 0.150. The maximum atomic E-state index is 14.8. The van der Waals surface area contributed by atoms with Crippen molar-refractivity contribution in [3.8, 4) is 0 Å². The molecule has 6 rings (SSSR count). The van der Waals surface area contributed by atoms with Crippen LogP contribution in [0, 0.1) is 24.7 Å². The molecule has 0 aliphatic carbocycles. The Labute approximate surface area is 257 Å². The van der Waals surface area contributed by atoms with Crippen molar-refractivity contribution in [2.45, 2.75) is 57.5 Å². The number of para-hydroxylation sites is 1. The van der Waals surface area contributed by atoms with Crippen LogP contribution in [-0.4, -0.2) is 76.1 Å². The monoisotopic (exact) mass is 603 g/mol. The summed E-state index contributed by atoms with van der Waals surface area (Å²) in [6.07, 6.45) is 7.28. The van der Waals surface area contributed by atoms with Gasteiger partial charge in [-0.1, -0.05) is 92.2 Å². The van der Waals surface area contributed by atoms with Crippen LogP contribution in [0.3, 0.4) is 0 Å². The molecule has 1 spiro atoms. The maximum Gasteiger partial charge on any atom is 0.253 e. The molecule has 9 heteroatoms. The lowest BCUT2D eigenvalue weighted by atomic mass is 9.77. The van der Waals surface area contributed by atoms with Crippen molar-refractivity contribution in [1.82, 2.24) is 9.80 Å². The third-order valence-electron chi connectivity index (χ3n) is 9.20. The van der Waals surface area contributed by atoms with Crippen molar-refractivity contribution in [2.75, 3.05) is 24.6 Å². The zero-order valence-electron chi connectivity index (χ0n) is 24.7. The third kappa shape index (κ3) is 4.89. The summed E-state index contributed by atoms with van der Waals surface area (Å²) in [5, 5.41) is 11.0. The van der Waals surface area contributed by atoms with Crippen molar-refractivity contribution in [2.24, 2.45) is 17.8 Å². The van der Waals surface area contributed by atoms with E-state index in [0.29, 0.717) is 30.2 Å². The number of anilines is 1. The molecule has 2 fully saturated rings. The van der Waals surface area contributed by atoms with Gasteiger partial charge in [-0.3, -0.25) is 14.4 Å². The predicted molar refractivity (Wildman–Crippen MR) is 164 cm³/mol. The van der Waals surface area contributed by atoms with Gasteiger partial charge in [0, 0.05) is 19.6 Å². The molecule has 2 aromatic carbocycles. The Kier molecular flexibility index (Phi) is 7.96. The molecular weight excluding hydrogens is 566 g/mol. The minimum atomic E-state index is -1.38. The summed E-state index contributed by atoms with van der Waals surface area (Å²) < 4.78 is 6.78. The number of benzene rings is 2. The lowest BCUT2D eigenvalue weighted by molar-refractivity contribution is -0.147. The lowest BCUT2D eigenvalue weighted by Gasteiger charge is -2.39. The number of hydrogen-bond acceptors (Lipinski definition) is 5. The summed E-state index contributed by atoms with van der Waals surface area (Å²) in [6, 6.07) is 13.5. The summed E-state index contributed by atoms with van der Waals surface area (Å²) in [7, 11) is 0. The Morgan fingerprint density at radius 1 is 1.00 bits per heavy atom. The average molecular weight is 604 g/mol. The first-order chi connectivity index (χ1) is 20.7. The molecule has 226 valence electrons. The van der Waals surface area contributed by atoms with Gasteiger partial charge in [0.15, 0.2) is 0 Å². The summed E-state index contributed by atoms with van der Waals surface area (Å²) >= 11 is 6.65. The van der Waals surface area contributed by atoms with Crippen molar-refractivity contribution in [1.29, 1.82) is 0 Å². The van der Waals surface area contributed by atoms with Crippen molar-refractivity contribution < 1.29 is 24.2 Å². The lowest BCUT2D eigenvalue weighted by Crippen LogP contribution is -2.58. The van der Waals surface area contributed by atoms with Crippen LogP contribution in [0.25, 0.3) is 0 Å². The largest absolute Gasteiger partial charge is 0.394 e. The number of carbonyl (C=O) groups is 3. The number of rotatable bonds is 7. The van der Waals surface area contributed by atoms with Gasteiger partial charge in [0.2, 0.25) is 11.8 Å². The number of fused-ring (bicyclic) bond motifs is 2. The first-order valence-electron chi connectivity index (χ1n) is 15.0. The quantitative estimate of drug-likeness (QED) is 0.481. The van der Waals surface area contributed by atoms with Crippen molar-refractivity contribution >= 4 is 35.0 Å². The van der Waals surface area contributed by atoms with Gasteiger partial charge in [-0.2, -0.15) is 0 Å². The first-order valence-corrected chi connectivity index (χ1v) is 15.4. The molecule has 6 atom stereocenters. The number of aliphatic hydroxyl groups is 1. The molecule has 4 aliphatic heterocycles. The normalized spacial score (nSPS) is 29.1. The van der Waals surface area contributed by atoms with Gasteiger partial charge in [0.1, 0.15) is 11.6 Å². The Hall–Kier alpha value is -3.46. The van der Waals surface area contributed by atoms with Gasteiger partial charge >= 0.3 is 0 Å². The fraction of sp³-hybridized carbons (Fsp3) is 0.441. The topological polar surface area (TPSA) is 90.4 Å². The van der Waals surface area contributed by atoms with Crippen LogP contribution in [-0.2, 0) is 25.7 Å². The van der Waals surface area contributed by atoms with E-state index in [4.69, 9.17) is 16.3 Å². The molecule has 0 saturated carbocycles. The Bertz CT molecular complexity index is 1460.